The lowest BCUT2D eigenvalue weighted by atomic mass is 10.3. The number of hydrogen-bond donors (Lipinski definition) is 1. The molecule has 0 fully saturated rings. The summed E-state index contributed by atoms with van der Waals surface area (Å²) in [5.74, 6) is 0. The Bertz CT molecular complexity index is 453. The van der Waals surface area contributed by atoms with Crippen LogP contribution in [0.4, 0.5) is 0 Å². The van der Waals surface area contributed by atoms with Crippen LogP contribution >= 0.6 is 11.3 Å². The lowest BCUT2D eigenvalue weighted by Gasteiger charge is -1.98. The number of nitrogens with zero attached hydrogens (tertiary/aromatic N) is 5. The number of ether oxygens (including phenoxy) is 1. The van der Waals surface area contributed by atoms with Crippen molar-refractivity contribution in [1.29, 1.82) is 0 Å². The van der Waals surface area contributed by atoms with Gasteiger partial charge < -0.3 is 10.5 Å². The Morgan fingerprint density at radius 2 is 2.38 bits per heavy atom. The van der Waals surface area contributed by atoms with Crippen molar-refractivity contribution in [3.05, 3.63) is 16.9 Å². The van der Waals surface area contributed by atoms with E-state index in [1.165, 1.54) is 11.3 Å². The van der Waals surface area contributed by atoms with Crippen molar-refractivity contribution in [2.45, 2.75) is 13.0 Å². The van der Waals surface area contributed by atoms with Crippen molar-refractivity contribution in [2.24, 2.45) is 5.73 Å². The minimum Gasteiger partial charge on any atom is -0.377 e. The van der Waals surface area contributed by atoms with Crippen LogP contribution in [0, 0.1) is 0 Å². The molecule has 86 valence electrons. The first kappa shape index (κ1) is 11.1. The lowest BCUT2D eigenvalue weighted by molar-refractivity contribution is 0.184. The van der Waals surface area contributed by atoms with Crippen molar-refractivity contribution >= 4 is 11.3 Å². The predicted molar refractivity (Wildman–Crippen MR) is 58.3 cm³/mol. The van der Waals surface area contributed by atoms with Gasteiger partial charge in [-0.3, -0.25) is 0 Å². The highest BCUT2D eigenvalue weighted by atomic mass is 32.1. The first-order valence-corrected chi connectivity index (χ1v) is 5.58. The quantitative estimate of drug-likeness (QED) is 0.776. The van der Waals surface area contributed by atoms with Gasteiger partial charge in [-0.1, -0.05) is 16.6 Å². The molecule has 16 heavy (non-hydrogen) atoms. The van der Waals surface area contributed by atoms with Gasteiger partial charge in [0.15, 0.2) is 0 Å². The van der Waals surface area contributed by atoms with Crippen molar-refractivity contribution in [2.75, 3.05) is 13.7 Å². The average molecular weight is 240 g/mol. The zero-order valence-corrected chi connectivity index (χ0v) is 9.65. The molecule has 2 N–H and O–H groups in total. The Labute approximate surface area is 96.2 Å². The largest absolute Gasteiger partial charge is 0.377 e. The molecule has 0 aliphatic carbocycles. The molecule has 2 heterocycles. The number of methoxy groups -OCH3 is 1. The molecule has 0 saturated heterocycles. The zero-order chi connectivity index (χ0) is 11.4. The summed E-state index contributed by atoms with van der Waals surface area (Å²) in [6.07, 6.45) is 2.40. The SMILES string of the molecule is COCc1nnc(-n2nncc2CCN)s1. The minimum absolute atomic E-state index is 0.457. The van der Waals surface area contributed by atoms with Gasteiger partial charge in [-0.15, -0.1) is 15.3 Å². The molecule has 2 aromatic rings. The Morgan fingerprint density at radius 3 is 3.12 bits per heavy atom. The van der Waals surface area contributed by atoms with Crippen LogP contribution < -0.4 is 5.73 Å². The molecule has 0 unspecified atom stereocenters. The van der Waals surface area contributed by atoms with Crippen molar-refractivity contribution < 1.29 is 4.74 Å². The van der Waals surface area contributed by atoms with Gasteiger partial charge in [0.1, 0.15) is 11.6 Å². The highest BCUT2D eigenvalue weighted by Gasteiger charge is 2.10. The van der Waals surface area contributed by atoms with E-state index in [0.29, 0.717) is 24.7 Å². The van der Waals surface area contributed by atoms with E-state index in [-0.39, 0.29) is 0 Å². The van der Waals surface area contributed by atoms with Crippen LogP contribution in [0.3, 0.4) is 0 Å². The maximum Gasteiger partial charge on any atom is 0.234 e. The summed E-state index contributed by atoms with van der Waals surface area (Å²) in [6.45, 7) is 1.01. The van der Waals surface area contributed by atoms with Crippen LogP contribution in [0.1, 0.15) is 10.7 Å². The summed E-state index contributed by atoms with van der Waals surface area (Å²) >= 11 is 1.43. The molecule has 0 bridgehead atoms. The first-order valence-electron chi connectivity index (χ1n) is 4.76. The maximum atomic E-state index is 5.50. The van der Waals surface area contributed by atoms with E-state index in [0.717, 1.165) is 10.7 Å². The molecule has 0 atom stereocenters. The molecule has 0 aliphatic heterocycles. The molecule has 2 rings (SSSR count). The van der Waals surface area contributed by atoms with E-state index in [9.17, 15) is 0 Å². The fraction of sp³-hybridized carbons (Fsp3) is 0.500. The van der Waals surface area contributed by atoms with Gasteiger partial charge in [-0.05, 0) is 6.54 Å². The molecular weight excluding hydrogens is 228 g/mol. The summed E-state index contributed by atoms with van der Waals surface area (Å²) in [4.78, 5) is 0. The van der Waals surface area contributed by atoms with Crippen LogP contribution in [0.5, 0.6) is 0 Å². The van der Waals surface area contributed by atoms with Crippen molar-refractivity contribution in [3.8, 4) is 5.13 Å². The molecule has 0 saturated carbocycles. The summed E-state index contributed by atoms with van der Waals surface area (Å²) in [5, 5.41) is 17.3. The van der Waals surface area contributed by atoms with Gasteiger partial charge in [0.05, 0.1) is 11.9 Å². The van der Waals surface area contributed by atoms with Gasteiger partial charge in [0.25, 0.3) is 0 Å². The molecule has 0 spiro atoms. The Kier molecular flexibility index (Phi) is 3.54. The van der Waals surface area contributed by atoms with Crippen LogP contribution in [0.25, 0.3) is 5.13 Å². The van der Waals surface area contributed by atoms with E-state index in [4.69, 9.17) is 10.5 Å². The molecule has 0 amide bonds. The van der Waals surface area contributed by atoms with Crippen LogP contribution in [0.2, 0.25) is 0 Å². The number of hydrogen-bond acceptors (Lipinski definition) is 7. The van der Waals surface area contributed by atoms with Gasteiger partial charge in [0.2, 0.25) is 5.13 Å². The number of nitrogens with two attached hydrogens (primary N) is 1. The summed E-state index contributed by atoms with van der Waals surface area (Å²) in [7, 11) is 1.62. The van der Waals surface area contributed by atoms with Gasteiger partial charge in [-0.25, -0.2) is 0 Å². The second kappa shape index (κ2) is 5.10. The molecule has 8 heteroatoms. The average Bonchev–Trinajstić information content (AvgIpc) is 2.87. The second-order valence-electron chi connectivity index (χ2n) is 3.09. The second-order valence-corrected chi connectivity index (χ2v) is 4.13. The summed E-state index contributed by atoms with van der Waals surface area (Å²) < 4.78 is 6.64. The van der Waals surface area contributed by atoms with Crippen LogP contribution in [0.15, 0.2) is 6.20 Å². The fourth-order valence-electron chi connectivity index (χ4n) is 1.25. The Balaban J connectivity index is 2.24. The topological polar surface area (TPSA) is 91.7 Å². The molecule has 0 aromatic carbocycles. The minimum atomic E-state index is 0.457. The molecular formula is C8H12N6OS. The molecule has 0 radical (unpaired) electrons. The van der Waals surface area contributed by atoms with Gasteiger partial charge >= 0.3 is 0 Å². The fourth-order valence-corrected chi connectivity index (χ4v) is 2.04. The van der Waals surface area contributed by atoms with Crippen molar-refractivity contribution in [3.63, 3.8) is 0 Å². The highest BCUT2D eigenvalue weighted by Crippen LogP contribution is 2.16. The summed E-state index contributed by atoms with van der Waals surface area (Å²) in [5.41, 5.74) is 6.43. The maximum absolute atomic E-state index is 5.50. The van der Waals surface area contributed by atoms with E-state index in [1.807, 2.05) is 0 Å². The Hall–Kier alpha value is -1.38. The highest BCUT2D eigenvalue weighted by molar-refractivity contribution is 7.13. The Morgan fingerprint density at radius 1 is 1.50 bits per heavy atom. The molecule has 0 aliphatic rings. The number of rotatable bonds is 5. The van der Waals surface area contributed by atoms with E-state index < -0.39 is 0 Å². The molecule has 2 aromatic heterocycles. The third-order valence-electron chi connectivity index (χ3n) is 1.93. The van der Waals surface area contributed by atoms with Gasteiger partial charge in [-0.2, -0.15) is 4.68 Å². The van der Waals surface area contributed by atoms with E-state index >= 15 is 0 Å². The third-order valence-corrected chi connectivity index (χ3v) is 2.80. The summed E-state index contributed by atoms with van der Waals surface area (Å²) in [6, 6.07) is 0. The number of aromatic nitrogens is 5. The van der Waals surface area contributed by atoms with E-state index in [2.05, 4.69) is 20.5 Å². The third kappa shape index (κ3) is 2.23. The lowest BCUT2D eigenvalue weighted by Crippen LogP contribution is -2.08. The van der Waals surface area contributed by atoms with Gasteiger partial charge in [0, 0.05) is 13.5 Å². The first-order chi connectivity index (χ1) is 7.85. The monoisotopic (exact) mass is 240 g/mol. The normalized spacial score (nSPS) is 10.9. The smallest absolute Gasteiger partial charge is 0.234 e. The predicted octanol–water partition coefficient (Wildman–Crippen LogP) is -0.234. The van der Waals surface area contributed by atoms with E-state index in [1.54, 1.807) is 18.0 Å². The van der Waals surface area contributed by atoms with Crippen LogP contribution in [-0.2, 0) is 17.8 Å². The van der Waals surface area contributed by atoms with Crippen LogP contribution in [-0.4, -0.2) is 38.8 Å². The standard InChI is InChI=1S/C8H12N6OS/c1-15-5-7-11-12-8(16-7)14-6(2-3-9)4-10-13-14/h4H,2-3,5,9H2,1H3. The molecule has 7 nitrogen and oxygen atoms in total. The zero-order valence-electron chi connectivity index (χ0n) is 8.83. The van der Waals surface area contributed by atoms with Crippen molar-refractivity contribution in [1.82, 2.24) is 25.2 Å².